The first kappa shape index (κ1) is 6.36. The molecule has 0 saturated carbocycles. The van der Waals surface area contributed by atoms with Crippen molar-refractivity contribution in [3.05, 3.63) is 12.7 Å². The Bertz CT molecular complexity index is 39.2. The van der Waals surface area contributed by atoms with Gasteiger partial charge in [0.25, 0.3) is 0 Å². The molecule has 0 fully saturated rings. The fourth-order valence-corrected chi connectivity index (χ4v) is 2.12. The van der Waals surface area contributed by atoms with Gasteiger partial charge >= 0.3 is 44.7 Å². The number of hydrogen-bond acceptors (Lipinski definition) is 0. The van der Waals surface area contributed by atoms with Gasteiger partial charge in [-0.3, -0.25) is 0 Å². The van der Waals surface area contributed by atoms with Crippen LogP contribution in [0.3, 0.4) is 0 Å². The van der Waals surface area contributed by atoms with Crippen molar-refractivity contribution < 1.29 is 16.0 Å². The van der Waals surface area contributed by atoms with Crippen molar-refractivity contribution in [1.29, 1.82) is 0 Å². The Hall–Kier alpha value is 0.363. The Morgan fingerprint density at radius 3 is 2.17 bits per heavy atom. The van der Waals surface area contributed by atoms with Crippen LogP contribution in [0.1, 0.15) is 0 Å². The third-order valence-electron chi connectivity index (χ3n) is 0.781. The van der Waals surface area contributed by atoms with E-state index in [1.165, 1.54) is 5.02 Å². The van der Waals surface area contributed by atoms with Crippen LogP contribution in [-0.2, 0) is 16.0 Å². The third-order valence-corrected chi connectivity index (χ3v) is 4.06. The Balaban J connectivity index is 2.81. The van der Waals surface area contributed by atoms with Crippen molar-refractivity contribution >= 4 is 0 Å². The SMILES string of the molecule is C=C[CH2][Zn]([CH3])[CH3]. The van der Waals surface area contributed by atoms with E-state index in [0.717, 1.165) is 0 Å². The quantitative estimate of drug-likeness (QED) is 0.404. The van der Waals surface area contributed by atoms with Crippen molar-refractivity contribution in [2.24, 2.45) is 0 Å². The van der Waals surface area contributed by atoms with Gasteiger partial charge in [0.2, 0.25) is 0 Å². The van der Waals surface area contributed by atoms with Crippen LogP contribution >= 0.6 is 0 Å². The predicted octanol–water partition coefficient (Wildman–Crippen LogP) is 2.31. The third kappa shape index (κ3) is 4.36. The number of allylic oxidation sites excluding steroid dienone is 1. The summed E-state index contributed by atoms with van der Waals surface area (Å²) in [5, 5.41) is 1.35. The van der Waals surface area contributed by atoms with Gasteiger partial charge in [-0.25, -0.2) is 0 Å². The molecule has 0 aliphatic rings. The van der Waals surface area contributed by atoms with Crippen molar-refractivity contribution in [2.45, 2.75) is 16.1 Å². The molecule has 33 valence electrons. The van der Waals surface area contributed by atoms with Crippen molar-refractivity contribution in [3.8, 4) is 0 Å². The zero-order valence-corrected chi connectivity index (χ0v) is 7.67. The predicted molar refractivity (Wildman–Crippen MR) is 26.7 cm³/mol. The fourth-order valence-electron chi connectivity index (χ4n) is 0.408. The van der Waals surface area contributed by atoms with E-state index >= 15 is 0 Å². The second-order valence-corrected chi connectivity index (χ2v) is 10.7. The van der Waals surface area contributed by atoms with Crippen LogP contribution in [0.15, 0.2) is 12.7 Å². The van der Waals surface area contributed by atoms with E-state index < -0.39 is 16.0 Å². The average Bonchev–Trinajstić information content (AvgIpc) is 1.35. The molecule has 0 bridgehead atoms. The summed E-state index contributed by atoms with van der Waals surface area (Å²) in [7, 11) is 0. The molecule has 0 N–H and O–H groups in total. The van der Waals surface area contributed by atoms with Crippen LogP contribution in [-0.4, -0.2) is 0 Å². The van der Waals surface area contributed by atoms with Crippen LogP contribution in [0.2, 0.25) is 16.1 Å². The average molecular weight is 137 g/mol. The zero-order valence-electron chi connectivity index (χ0n) is 4.70. The van der Waals surface area contributed by atoms with Crippen LogP contribution in [0.5, 0.6) is 0 Å². The van der Waals surface area contributed by atoms with Crippen molar-refractivity contribution in [2.75, 3.05) is 0 Å². The molecule has 0 aromatic heterocycles. The number of rotatable bonds is 2. The van der Waals surface area contributed by atoms with E-state index in [-0.39, 0.29) is 0 Å². The monoisotopic (exact) mass is 135 g/mol. The summed E-state index contributed by atoms with van der Waals surface area (Å²) in [6.07, 6.45) is 2.04. The van der Waals surface area contributed by atoms with Gasteiger partial charge in [0, 0.05) is 0 Å². The summed E-state index contributed by atoms with van der Waals surface area (Å²) in [6.45, 7) is 3.65. The summed E-state index contributed by atoms with van der Waals surface area (Å²) in [6, 6.07) is 0. The first-order valence-corrected chi connectivity index (χ1v) is 10.8. The minimum absolute atomic E-state index is 0.823. The van der Waals surface area contributed by atoms with E-state index in [0.29, 0.717) is 0 Å². The Morgan fingerprint density at radius 1 is 1.67 bits per heavy atom. The van der Waals surface area contributed by atoms with Crippen LogP contribution < -0.4 is 0 Å². The molecule has 0 spiro atoms. The molecular formula is C5H11Zn. The zero-order chi connectivity index (χ0) is 4.99. The molecular weight excluding hydrogens is 125 g/mol. The molecule has 0 radical (unpaired) electrons. The summed E-state index contributed by atoms with van der Waals surface area (Å²) < 4.78 is 0. The Kier molecular flexibility index (Phi) is 3.76. The molecule has 0 unspecified atom stereocenters. The molecule has 0 saturated heterocycles. The summed E-state index contributed by atoms with van der Waals surface area (Å²) in [4.78, 5) is 0. The molecule has 0 atom stereocenters. The van der Waals surface area contributed by atoms with Gasteiger partial charge in [0.15, 0.2) is 0 Å². The van der Waals surface area contributed by atoms with E-state index in [4.69, 9.17) is 0 Å². The van der Waals surface area contributed by atoms with Crippen LogP contribution in [0.25, 0.3) is 0 Å². The standard InChI is InChI=1S/C3H5.2CH3.Zn/c1-3-2;;;/h3H,1-2H2;2*1H3;. The second-order valence-electron chi connectivity index (χ2n) is 2.28. The van der Waals surface area contributed by atoms with E-state index in [1.807, 2.05) is 6.08 Å². The van der Waals surface area contributed by atoms with Gasteiger partial charge < -0.3 is 0 Å². The Morgan fingerprint density at radius 2 is 2.17 bits per heavy atom. The minimum atomic E-state index is -0.823. The Labute approximate surface area is 45.2 Å². The molecule has 0 aliphatic heterocycles. The molecule has 0 aliphatic carbocycles. The van der Waals surface area contributed by atoms with Gasteiger partial charge in [-0.15, -0.1) is 0 Å². The molecule has 0 aromatic carbocycles. The molecule has 0 aromatic rings. The molecule has 6 heavy (non-hydrogen) atoms. The maximum atomic E-state index is 3.65. The maximum absolute atomic E-state index is 3.65. The van der Waals surface area contributed by atoms with Gasteiger partial charge in [-0.2, -0.15) is 0 Å². The first-order chi connectivity index (χ1) is 2.77. The number of hydrogen-bond donors (Lipinski definition) is 0. The van der Waals surface area contributed by atoms with Gasteiger partial charge in [0.1, 0.15) is 0 Å². The van der Waals surface area contributed by atoms with Gasteiger partial charge in [-0.1, -0.05) is 0 Å². The van der Waals surface area contributed by atoms with Crippen LogP contribution in [0.4, 0.5) is 0 Å². The second kappa shape index (κ2) is 3.55. The summed E-state index contributed by atoms with van der Waals surface area (Å²) in [5.74, 6) is 0. The van der Waals surface area contributed by atoms with Crippen molar-refractivity contribution in [1.82, 2.24) is 0 Å². The molecule has 0 heterocycles. The summed E-state index contributed by atoms with van der Waals surface area (Å²) >= 11 is -0.823. The molecule has 1 heteroatoms. The van der Waals surface area contributed by atoms with E-state index in [1.54, 1.807) is 0 Å². The topological polar surface area (TPSA) is 0 Å². The molecule has 0 nitrogen and oxygen atoms in total. The van der Waals surface area contributed by atoms with Crippen LogP contribution in [0, 0.1) is 0 Å². The molecule has 0 rings (SSSR count). The first-order valence-electron chi connectivity index (χ1n) is 2.73. The summed E-state index contributed by atoms with van der Waals surface area (Å²) in [5.41, 5.74) is 4.78. The normalized spacial score (nSPS) is 7.67. The molecule has 0 amide bonds. The van der Waals surface area contributed by atoms with Gasteiger partial charge in [-0.05, 0) is 0 Å². The van der Waals surface area contributed by atoms with E-state index in [9.17, 15) is 0 Å². The van der Waals surface area contributed by atoms with E-state index in [2.05, 4.69) is 17.6 Å². The van der Waals surface area contributed by atoms with Gasteiger partial charge in [0.05, 0.1) is 0 Å². The van der Waals surface area contributed by atoms with Crippen molar-refractivity contribution in [3.63, 3.8) is 0 Å². The fraction of sp³-hybridized carbons (Fsp3) is 0.600.